The number of benzene rings is 2. The first-order valence-corrected chi connectivity index (χ1v) is 7.33. The lowest BCUT2D eigenvalue weighted by molar-refractivity contribution is 0.406. The molecular weight excluding hydrogens is 282 g/mol. The molecule has 22 heavy (non-hydrogen) atoms. The van der Waals surface area contributed by atoms with Crippen LogP contribution in [0.15, 0.2) is 53.5 Å². The third-order valence-electron chi connectivity index (χ3n) is 3.98. The van der Waals surface area contributed by atoms with E-state index in [0.29, 0.717) is 6.54 Å². The first-order chi connectivity index (χ1) is 10.5. The molecule has 0 fully saturated rings. The van der Waals surface area contributed by atoms with Crippen molar-refractivity contribution in [3.63, 3.8) is 0 Å². The number of amidine groups is 1. The van der Waals surface area contributed by atoms with Crippen LogP contribution in [0, 0.1) is 11.6 Å². The Morgan fingerprint density at radius 2 is 1.36 bits per heavy atom. The third kappa shape index (κ3) is 3.32. The molecule has 0 spiro atoms. The highest BCUT2D eigenvalue weighted by atomic mass is 19.1. The second-order valence-corrected chi connectivity index (χ2v) is 5.91. The molecule has 0 aromatic heterocycles. The summed E-state index contributed by atoms with van der Waals surface area (Å²) in [4.78, 5) is 4.47. The number of rotatable bonds is 4. The maximum atomic E-state index is 13.1. The van der Waals surface area contributed by atoms with Crippen LogP contribution in [0.5, 0.6) is 0 Å². The summed E-state index contributed by atoms with van der Waals surface area (Å²) in [6.07, 6.45) is 1.48. The lowest BCUT2D eigenvalue weighted by atomic mass is 9.85. The second kappa shape index (κ2) is 5.87. The van der Waals surface area contributed by atoms with Crippen LogP contribution < -0.4 is 5.32 Å². The van der Waals surface area contributed by atoms with Crippen molar-refractivity contribution in [3.8, 4) is 0 Å². The van der Waals surface area contributed by atoms with Crippen LogP contribution >= 0.6 is 0 Å². The van der Waals surface area contributed by atoms with Gasteiger partial charge in [0.15, 0.2) is 0 Å². The first-order valence-electron chi connectivity index (χ1n) is 7.33. The molecule has 0 saturated heterocycles. The minimum Gasteiger partial charge on any atom is -0.366 e. The van der Waals surface area contributed by atoms with Gasteiger partial charge in [0.25, 0.3) is 0 Å². The molecule has 3 rings (SSSR count). The van der Waals surface area contributed by atoms with Gasteiger partial charge in [0.1, 0.15) is 11.6 Å². The molecule has 2 nitrogen and oxygen atoms in total. The van der Waals surface area contributed by atoms with Crippen LogP contribution in [0.3, 0.4) is 0 Å². The summed E-state index contributed by atoms with van der Waals surface area (Å²) in [5, 5.41) is 3.46. The van der Waals surface area contributed by atoms with Gasteiger partial charge >= 0.3 is 0 Å². The summed E-state index contributed by atoms with van der Waals surface area (Å²) in [6.45, 7) is 2.60. The fraction of sp³-hybridized carbons (Fsp3) is 0.278. The van der Waals surface area contributed by atoms with Crippen LogP contribution in [0.2, 0.25) is 0 Å². The number of nitrogens with one attached hydrogen (secondary N) is 1. The Hall–Kier alpha value is -2.23. The third-order valence-corrected chi connectivity index (χ3v) is 3.98. The van der Waals surface area contributed by atoms with E-state index < -0.39 is 0 Å². The highest BCUT2D eigenvalue weighted by Crippen LogP contribution is 2.24. The van der Waals surface area contributed by atoms with E-state index in [9.17, 15) is 8.78 Å². The van der Waals surface area contributed by atoms with Crippen LogP contribution in [-0.4, -0.2) is 17.9 Å². The minimum absolute atomic E-state index is 0.233. The summed E-state index contributed by atoms with van der Waals surface area (Å²) in [5.74, 6) is 0.440. The first kappa shape index (κ1) is 14.7. The Kier molecular flexibility index (Phi) is 3.92. The topological polar surface area (TPSA) is 24.4 Å². The van der Waals surface area contributed by atoms with Crippen molar-refractivity contribution in [1.29, 1.82) is 0 Å². The van der Waals surface area contributed by atoms with E-state index in [1.807, 2.05) is 6.92 Å². The molecule has 1 heterocycles. The molecule has 0 radical (unpaired) electrons. The summed E-state index contributed by atoms with van der Waals surface area (Å²) < 4.78 is 26.1. The molecule has 0 aliphatic carbocycles. The Morgan fingerprint density at radius 1 is 0.909 bits per heavy atom. The fourth-order valence-corrected chi connectivity index (χ4v) is 2.98. The van der Waals surface area contributed by atoms with Crippen molar-refractivity contribution in [2.24, 2.45) is 4.99 Å². The van der Waals surface area contributed by atoms with E-state index in [1.165, 1.54) is 24.3 Å². The summed E-state index contributed by atoms with van der Waals surface area (Å²) >= 11 is 0. The maximum absolute atomic E-state index is 13.1. The van der Waals surface area contributed by atoms with Crippen molar-refractivity contribution in [2.45, 2.75) is 25.3 Å². The van der Waals surface area contributed by atoms with E-state index in [0.717, 1.165) is 29.8 Å². The quantitative estimate of drug-likeness (QED) is 0.918. The summed E-state index contributed by atoms with van der Waals surface area (Å²) in [7, 11) is 0. The molecule has 0 saturated carbocycles. The van der Waals surface area contributed by atoms with E-state index in [-0.39, 0.29) is 17.2 Å². The monoisotopic (exact) mass is 300 g/mol. The highest BCUT2D eigenvalue weighted by Gasteiger charge is 2.34. The Morgan fingerprint density at radius 3 is 1.73 bits per heavy atom. The molecule has 0 bridgehead atoms. The van der Waals surface area contributed by atoms with Crippen molar-refractivity contribution < 1.29 is 8.78 Å². The van der Waals surface area contributed by atoms with Crippen LogP contribution in [0.25, 0.3) is 0 Å². The van der Waals surface area contributed by atoms with Gasteiger partial charge in [-0.2, -0.15) is 0 Å². The number of aliphatic imine (C=N–C) groups is 1. The molecule has 2 aromatic carbocycles. The average molecular weight is 300 g/mol. The molecule has 1 aliphatic rings. The van der Waals surface area contributed by atoms with E-state index >= 15 is 0 Å². The second-order valence-electron chi connectivity index (χ2n) is 5.91. The lowest BCUT2D eigenvalue weighted by Gasteiger charge is -2.30. The molecule has 0 atom stereocenters. The Balaban J connectivity index is 1.82. The van der Waals surface area contributed by atoms with Crippen molar-refractivity contribution in [3.05, 3.63) is 71.3 Å². The lowest BCUT2D eigenvalue weighted by Crippen LogP contribution is -2.49. The number of halogens is 2. The number of hydrogen-bond acceptors (Lipinski definition) is 2. The fourth-order valence-electron chi connectivity index (χ4n) is 2.98. The molecule has 0 unspecified atom stereocenters. The predicted molar refractivity (Wildman–Crippen MR) is 84.1 cm³/mol. The largest absolute Gasteiger partial charge is 0.366 e. The zero-order valence-corrected chi connectivity index (χ0v) is 12.4. The molecule has 2 aromatic rings. The van der Waals surface area contributed by atoms with E-state index in [2.05, 4.69) is 10.3 Å². The van der Waals surface area contributed by atoms with Gasteiger partial charge in [-0.25, -0.2) is 8.78 Å². The van der Waals surface area contributed by atoms with Gasteiger partial charge in [-0.15, -0.1) is 0 Å². The van der Waals surface area contributed by atoms with Crippen molar-refractivity contribution in [1.82, 2.24) is 5.32 Å². The summed E-state index contributed by atoms with van der Waals surface area (Å²) in [6, 6.07) is 13.1. The van der Waals surface area contributed by atoms with Crippen molar-refractivity contribution in [2.75, 3.05) is 6.54 Å². The predicted octanol–water partition coefficient (Wildman–Crippen LogP) is 3.51. The molecular formula is C18H18F2N2. The molecule has 1 N–H and O–H groups in total. The zero-order chi connectivity index (χ0) is 15.6. The van der Waals surface area contributed by atoms with Crippen LogP contribution in [-0.2, 0) is 12.8 Å². The standard InChI is InChI=1S/C18H18F2N2/c1-13-21-12-18(22-13,10-14-2-6-16(19)7-3-14)11-15-4-8-17(20)9-5-15/h2-9H,10-12H2,1H3,(H,21,22). The average Bonchev–Trinajstić information content (AvgIpc) is 2.85. The summed E-state index contributed by atoms with van der Waals surface area (Å²) in [5.41, 5.74) is 1.88. The molecule has 0 amide bonds. The maximum Gasteiger partial charge on any atom is 0.123 e. The van der Waals surface area contributed by atoms with Gasteiger partial charge in [-0.05, 0) is 55.2 Å². The molecule has 4 heteroatoms. The molecule has 1 aliphatic heterocycles. The van der Waals surface area contributed by atoms with Crippen LogP contribution in [0.1, 0.15) is 18.1 Å². The highest BCUT2D eigenvalue weighted by molar-refractivity contribution is 5.82. The Bertz CT molecular complexity index is 628. The van der Waals surface area contributed by atoms with Crippen molar-refractivity contribution >= 4 is 5.84 Å². The molecule has 114 valence electrons. The van der Waals surface area contributed by atoms with Gasteiger partial charge in [0.05, 0.1) is 17.9 Å². The van der Waals surface area contributed by atoms with Gasteiger partial charge in [-0.3, -0.25) is 4.99 Å². The van der Waals surface area contributed by atoms with Gasteiger partial charge in [-0.1, -0.05) is 24.3 Å². The van der Waals surface area contributed by atoms with Crippen LogP contribution in [0.4, 0.5) is 8.78 Å². The van der Waals surface area contributed by atoms with Gasteiger partial charge in [0, 0.05) is 0 Å². The normalized spacial score (nSPS) is 16.2. The number of nitrogens with zero attached hydrogens (tertiary/aromatic N) is 1. The van der Waals surface area contributed by atoms with E-state index in [1.54, 1.807) is 24.3 Å². The van der Waals surface area contributed by atoms with E-state index in [4.69, 9.17) is 0 Å². The minimum atomic E-state index is -0.236. The SMILES string of the molecule is CC1=NCC(Cc2ccc(F)cc2)(Cc2ccc(F)cc2)N1. The number of hydrogen-bond donors (Lipinski definition) is 1. The van der Waals surface area contributed by atoms with Gasteiger partial charge in [0.2, 0.25) is 0 Å². The smallest absolute Gasteiger partial charge is 0.123 e. The van der Waals surface area contributed by atoms with Gasteiger partial charge < -0.3 is 5.32 Å². The zero-order valence-electron chi connectivity index (χ0n) is 12.4. The Labute approximate surface area is 128 Å².